The van der Waals surface area contributed by atoms with Gasteiger partial charge in [-0.25, -0.2) is 0 Å². The molecule has 0 fully saturated rings. The third-order valence-electron chi connectivity index (χ3n) is 3.93. The summed E-state index contributed by atoms with van der Waals surface area (Å²) in [5.41, 5.74) is 2.31. The number of aromatic hydroxyl groups is 2. The lowest BCUT2D eigenvalue weighted by Crippen LogP contribution is -2.26. The van der Waals surface area contributed by atoms with Crippen LogP contribution >= 0.6 is 0 Å². The van der Waals surface area contributed by atoms with Crippen molar-refractivity contribution < 1.29 is 15.0 Å². The van der Waals surface area contributed by atoms with Crippen LogP contribution in [0.4, 0.5) is 0 Å². The predicted molar refractivity (Wildman–Crippen MR) is 93.4 cm³/mol. The van der Waals surface area contributed by atoms with E-state index in [4.69, 9.17) is 0 Å². The van der Waals surface area contributed by atoms with Gasteiger partial charge in [0.1, 0.15) is 0 Å². The Morgan fingerprint density at radius 3 is 2.64 bits per heavy atom. The maximum absolute atomic E-state index is 12.3. The summed E-state index contributed by atoms with van der Waals surface area (Å²) < 4.78 is 1.82. The molecule has 1 atom stereocenters. The molecule has 0 aliphatic rings. The highest BCUT2D eigenvalue weighted by Crippen LogP contribution is 2.25. The summed E-state index contributed by atoms with van der Waals surface area (Å²) in [6, 6.07) is 13.7. The molecule has 1 amide bonds. The Labute approximate surface area is 145 Å². The van der Waals surface area contributed by atoms with Gasteiger partial charge in [0.05, 0.1) is 18.8 Å². The Hall–Kier alpha value is -3.28. The maximum Gasteiger partial charge on any atom is 0.251 e. The summed E-state index contributed by atoms with van der Waals surface area (Å²) in [5.74, 6) is -0.915. The molecule has 6 heteroatoms. The average Bonchev–Trinajstić information content (AvgIpc) is 3.07. The van der Waals surface area contributed by atoms with Crippen LogP contribution in [0.15, 0.2) is 60.9 Å². The van der Waals surface area contributed by atoms with Gasteiger partial charge in [-0.3, -0.25) is 9.48 Å². The monoisotopic (exact) mass is 337 g/mol. The van der Waals surface area contributed by atoms with Crippen LogP contribution in [0.5, 0.6) is 11.5 Å². The third kappa shape index (κ3) is 3.98. The molecule has 0 saturated carbocycles. The summed E-state index contributed by atoms with van der Waals surface area (Å²) in [6.07, 6.45) is 3.62. The number of nitrogens with one attached hydrogen (secondary N) is 1. The van der Waals surface area contributed by atoms with E-state index in [1.54, 1.807) is 6.20 Å². The van der Waals surface area contributed by atoms with Gasteiger partial charge >= 0.3 is 0 Å². The first-order chi connectivity index (χ1) is 12.0. The van der Waals surface area contributed by atoms with Crippen molar-refractivity contribution in [2.24, 2.45) is 0 Å². The van der Waals surface area contributed by atoms with E-state index in [2.05, 4.69) is 10.4 Å². The first-order valence-corrected chi connectivity index (χ1v) is 7.92. The zero-order chi connectivity index (χ0) is 17.8. The molecule has 3 rings (SSSR count). The molecule has 1 aromatic heterocycles. The lowest BCUT2D eigenvalue weighted by atomic mass is 10.1. The molecular formula is C19H19N3O3. The number of nitrogens with zero attached hydrogens (tertiary/aromatic N) is 2. The number of benzene rings is 2. The largest absolute Gasteiger partial charge is 0.504 e. The second-order valence-corrected chi connectivity index (χ2v) is 5.86. The van der Waals surface area contributed by atoms with Crippen LogP contribution in [-0.2, 0) is 6.54 Å². The van der Waals surface area contributed by atoms with Gasteiger partial charge in [0.2, 0.25) is 0 Å². The molecule has 6 nitrogen and oxygen atoms in total. The fraction of sp³-hybridized carbons (Fsp3) is 0.158. The normalized spacial score (nSPS) is 11.9. The molecule has 2 aromatic carbocycles. The van der Waals surface area contributed by atoms with E-state index < -0.39 is 0 Å². The Morgan fingerprint density at radius 1 is 1.16 bits per heavy atom. The molecule has 128 valence electrons. The minimum absolute atomic E-state index is 0.243. The topological polar surface area (TPSA) is 87.4 Å². The van der Waals surface area contributed by atoms with Gasteiger partial charge in [-0.1, -0.05) is 30.3 Å². The molecular weight excluding hydrogens is 318 g/mol. The van der Waals surface area contributed by atoms with Crippen LogP contribution in [0.3, 0.4) is 0 Å². The third-order valence-corrected chi connectivity index (χ3v) is 3.93. The van der Waals surface area contributed by atoms with E-state index >= 15 is 0 Å². The van der Waals surface area contributed by atoms with Crippen LogP contribution < -0.4 is 5.32 Å². The summed E-state index contributed by atoms with van der Waals surface area (Å²) in [6.45, 7) is 2.52. The smallest absolute Gasteiger partial charge is 0.251 e. The highest BCUT2D eigenvalue weighted by atomic mass is 16.3. The molecule has 0 aliphatic heterocycles. The van der Waals surface area contributed by atoms with Crippen molar-refractivity contribution in [1.82, 2.24) is 15.1 Å². The minimum atomic E-state index is -0.335. The van der Waals surface area contributed by atoms with E-state index in [1.807, 2.05) is 48.1 Å². The number of carbonyl (C=O) groups excluding carboxylic acids is 1. The summed E-state index contributed by atoms with van der Waals surface area (Å²) in [4.78, 5) is 12.3. The molecule has 0 unspecified atom stereocenters. The molecule has 0 radical (unpaired) electrons. The quantitative estimate of drug-likeness (QED) is 0.625. The van der Waals surface area contributed by atoms with Gasteiger partial charge in [-0.05, 0) is 30.7 Å². The predicted octanol–water partition coefficient (Wildman–Crippen LogP) is 2.83. The van der Waals surface area contributed by atoms with Crippen molar-refractivity contribution in [2.75, 3.05) is 0 Å². The number of amides is 1. The van der Waals surface area contributed by atoms with Gasteiger partial charge in [0, 0.05) is 17.3 Å². The van der Waals surface area contributed by atoms with Gasteiger partial charge in [0.25, 0.3) is 5.91 Å². The summed E-state index contributed by atoms with van der Waals surface area (Å²) in [5, 5.41) is 26.0. The van der Waals surface area contributed by atoms with E-state index in [9.17, 15) is 15.0 Å². The summed E-state index contributed by atoms with van der Waals surface area (Å²) in [7, 11) is 0. The zero-order valence-electron chi connectivity index (χ0n) is 13.8. The van der Waals surface area contributed by atoms with E-state index in [0.717, 1.165) is 11.1 Å². The molecule has 0 bridgehead atoms. The van der Waals surface area contributed by atoms with Crippen molar-refractivity contribution in [3.05, 3.63) is 77.6 Å². The van der Waals surface area contributed by atoms with Crippen molar-refractivity contribution in [3.63, 3.8) is 0 Å². The van der Waals surface area contributed by atoms with Crippen LogP contribution in [0, 0.1) is 0 Å². The number of phenols is 2. The van der Waals surface area contributed by atoms with Crippen molar-refractivity contribution >= 4 is 5.91 Å². The number of aromatic nitrogens is 2. The lowest BCUT2D eigenvalue weighted by Gasteiger charge is -2.12. The molecule has 3 N–H and O–H groups in total. The van der Waals surface area contributed by atoms with Gasteiger partial charge in [-0.2, -0.15) is 5.10 Å². The van der Waals surface area contributed by atoms with Gasteiger partial charge in [0.15, 0.2) is 11.5 Å². The van der Waals surface area contributed by atoms with Crippen molar-refractivity contribution in [2.45, 2.75) is 19.5 Å². The second kappa shape index (κ2) is 7.09. The minimum Gasteiger partial charge on any atom is -0.504 e. The highest BCUT2D eigenvalue weighted by Gasteiger charge is 2.14. The van der Waals surface area contributed by atoms with Crippen LogP contribution in [0.25, 0.3) is 0 Å². The molecule has 0 spiro atoms. The Morgan fingerprint density at radius 2 is 1.92 bits per heavy atom. The van der Waals surface area contributed by atoms with Gasteiger partial charge in [-0.15, -0.1) is 0 Å². The highest BCUT2D eigenvalue weighted by molar-refractivity contribution is 5.95. The van der Waals surface area contributed by atoms with Crippen LogP contribution in [0.2, 0.25) is 0 Å². The van der Waals surface area contributed by atoms with Crippen LogP contribution in [-0.4, -0.2) is 25.9 Å². The average molecular weight is 337 g/mol. The van der Waals surface area contributed by atoms with E-state index in [-0.39, 0.29) is 29.0 Å². The Balaban J connectivity index is 1.66. The number of rotatable bonds is 5. The Bertz CT molecular complexity index is 875. The molecule has 0 saturated heterocycles. The number of hydrogen-bond acceptors (Lipinski definition) is 4. The second-order valence-electron chi connectivity index (χ2n) is 5.86. The molecule has 25 heavy (non-hydrogen) atoms. The van der Waals surface area contributed by atoms with Gasteiger partial charge < -0.3 is 15.5 Å². The first-order valence-electron chi connectivity index (χ1n) is 7.92. The number of carbonyl (C=O) groups is 1. The number of phenolic OH excluding ortho intramolecular Hbond substituents is 2. The first kappa shape index (κ1) is 16.6. The zero-order valence-corrected chi connectivity index (χ0v) is 13.8. The standard InChI is InChI=1S/C19H19N3O3/c1-13(21-19(25)15-7-8-17(23)18(24)9-15)16-10-20-22(12-16)11-14-5-3-2-4-6-14/h2-10,12-13,23-24H,11H2,1H3,(H,21,25)/t13-/m0/s1. The van der Waals surface area contributed by atoms with Crippen LogP contribution in [0.1, 0.15) is 34.5 Å². The molecule has 1 heterocycles. The fourth-order valence-electron chi connectivity index (χ4n) is 2.49. The molecule has 3 aromatic rings. The fourth-order valence-corrected chi connectivity index (χ4v) is 2.49. The summed E-state index contributed by atoms with van der Waals surface area (Å²) >= 11 is 0. The van der Waals surface area contributed by atoms with Crippen molar-refractivity contribution in [3.8, 4) is 11.5 Å². The van der Waals surface area contributed by atoms with E-state index in [0.29, 0.717) is 6.54 Å². The molecule has 0 aliphatic carbocycles. The lowest BCUT2D eigenvalue weighted by molar-refractivity contribution is 0.0939. The van der Waals surface area contributed by atoms with Crippen molar-refractivity contribution in [1.29, 1.82) is 0 Å². The maximum atomic E-state index is 12.3. The number of hydrogen-bond donors (Lipinski definition) is 3. The SMILES string of the molecule is C[C@H](NC(=O)c1ccc(O)c(O)c1)c1cnn(Cc2ccccc2)c1. The van der Waals surface area contributed by atoms with E-state index in [1.165, 1.54) is 18.2 Å². The Kier molecular flexibility index (Phi) is 4.70.